The first kappa shape index (κ1) is 21.5. The number of sulfonamides is 1. The number of hydrogen-bond donors (Lipinski definition) is 1. The van der Waals surface area contributed by atoms with Crippen LogP contribution in [0.1, 0.15) is 24.1 Å². The van der Waals surface area contributed by atoms with Crippen molar-refractivity contribution in [3.05, 3.63) is 102 Å². The molecule has 3 rings (SSSR count). The van der Waals surface area contributed by atoms with Crippen molar-refractivity contribution in [3.8, 4) is 0 Å². The lowest BCUT2D eigenvalue weighted by Crippen LogP contribution is -2.49. The third-order valence-corrected chi connectivity index (χ3v) is 5.96. The van der Waals surface area contributed by atoms with Crippen LogP contribution < -0.4 is 9.62 Å². The number of benzene rings is 3. The molecule has 0 fully saturated rings. The fourth-order valence-electron chi connectivity index (χ4n) is 3.32. The van der Waals surface area contributed by atoms with Crippen molar-refractivity contribution in [3.63, 3.8) is 0 Å². The van der Waals surface area contributed by atoms with Crippen LogP contribution in [-0.4, -0.2) is 26.6 Å². The second kappa shape index (κ2) is 9.09. The molecule has 0 saturated heterocycles. The SMILES string of the molecule is C[C@H](C(=O)NC(c1ccccc1)c1ccccc1)N(c1ccccc1F)S(C)(=O)=O. The van der Waals surface area contributed by atoms with Gasteiger partial charge in [-0.25, -0.2) is 12.8 Å². The maximum absolute atomic E-state index is 14.3. The van der Waals surface area contributed by atoms with Crippen LogP contribution in [0.4, 0.5) is 10.1 Å². The summed E-state index contributed by atoms with van der Waals surface area (Å²) in [5.41, 5.74) is 1.53. The van der Waals surface area contributed by atoms with Gasteiger partial charge in [0.25, 0.3) is 0 Å². The van der Waals surface area contributed by atoms with E-state index in [-0.39, 0.29) is 5.69 Å². The highest BCUT2D eigenvalue weighted by Gasteiger charge is 2.32. The minimum atomic E-state index is -3.92. The summed E-state index contributed by atoms with van der Waals surface area (Å²) in [4.78, 5) is 13.1. The van der Waals surface area contributed by atoms with Gasteiger partial charge in [0.05, 0.1) is 18.0 Å². The lowest BCUT2D eigenvalue weighted by molar-refractivity contribution is -0.122. The van der Waals surface area contributed by atoms with Crippen molar-refractivity contribution in [2.24, 2.45) is 0 Å². The molecule has 0 aliphatic heterocycles. The van der Waals surface area contributed by atoms with Gasteiger partial charge in [-0.1, -0.05) is 72.8 Å². The van der Waals surface area contributed by atoms with E-state index in [4.69, 9.17) is 0 Å². The summed E-state index contributed by atoms with van der Waals surface area (Å²) in [5.74, 6) is -1.26. The van der Waals surface area contributed by atoms with Crippen LogP contribution in [0.5, 0.6) is 0 Å². The molecule has 0 heterocycles. The number of nitrogens with zero attached hydrogens (tertiary/aromatic N) is 1. The van der Waals surface area contributed by atoms with Crippen molar-refractivity contribution in [1.82, 2.24) is 5.32 Å². The van der Waals surface area contributed by atoms with Gasteiger partial charge < -0.3 is 5.32 Å². The van der Waals surface area contributed by atoms with Gasteiger partial charge in [0.15, 0.2) is 0 Å². The molecule has 1 atom stereocenters. The van der Waals surface area contributed by atoms with Gasteiger partial charge in [0, 0.05) is 0 Å². The zero-order valence-electron chi connectivity index (χ0n) is 16.7. The smallest absolute Gasteiger partial charge is 0.244 e. The molecule has 3 aromatic rings. The van der Waals surface area contributed by atoms with Crippen molar-refractivity contribution < 1.29 is 17.6 Å². The summed E-state index contributed by atoms with van der Waals surface area (Å²) in [6, 6.07) is 22.6. The zero-order chi connectivity index (χ0) is 21.7. The highest BCUT2D eigenvalue weighted by molar-refractivity contribution is 7.92. The number of para-hydroxylation sites is 1. The Balaban J connectivity index is 1.95. The summed E-state index contributed by atoms with van der Waals surface area (Å²) < 4.78 is 40.0. The minimum Gasteiger partial charge on any atom is -0.343 e. The number of anilines is 1. The number of carbonyl (C=O) groups is 1. The molecule has 0 bridgehead atoms. The predicted octanol–water partition coefficient (Wildman–Crippen LogP) is 3.89. The maximum atomic E-state index is 14.3. The van der Waals surface area contributed by atoms with E-state index in [2.05, 4.69) is 5.32 Å². The second-order valence-electron chi connectivity index (χ2n) is 6.95. The standard InChI is InChI=1S/C23H23FN2O3S/c1-17(26(30(2,28)29)21-16-10-9-15-20(21)24)23(27)25-22(18-11-5-3-6-12-18)19-13-7-4-8-14-19/h3-17,22H,1-2H3,(H,25,27)/t17-/m1/s1. The topological polar surface area (TPSA) is 66.5 Å². The van der Waals surface area contributed by atoms with Gasteiger partial charge in [0.2, 0.25) is 15.9 Å². The average Bonchev–Trinajstić information content (AvgIpc) is 2.73. The van der Waals surface area contributed by atoms with E-state index in [0.29, 0.717) is 0 Å². The van der Waals surface area contributed by atoms with E-state index in [1.807, 2.05) is 60.7 Å². The van der Waals surface area contributed by atoms with E-state index >= 15 is 0 Å². The molecule has 0 unspecified atom stereocenters. The molecule has 0 aliphatic rings. The van der Waals surface area contributed by atoms with Crippen molar-refractivity contribution in [2.45, 2.75) is 19.0 Å². The lowest BCUT2D eigenvalue weighted by atomic mass is 9.98. The second-order valence-corrected chi connectivity index (χ2v) is 8.81. The third-order valence-electron chi connectivity index (χ3n) is 4.73. The maximum Gasteiger partial charge on any atom is 0.244 e. The number of amides is 1. The monoisotopic (exact) mass is 426 g/mol. The molecule has 0 aromatic heterocycles. The molecule has 0 saturated carbocycles. The van der Waals surface area contributed by atoms with Crippen LogP contribution in [0.2, 0.25) is 0 Å². The number of carbonyl (C=O) groups excluding carboxylic acids is 1. The highest BCUT2D eigenvalue weighted by Crippen LogP contribution is 2.26. The Labute approximate surface area is 176 Å². The Hall–Kier alpha value is -3.19. The average molecular weight is 427 g/mol. The molecular weight excluding hydrogens is 403 g/mol. The quantitative estimate of drug-likeness (QED) is 0.623. The van der Waals surface area contributed by atoms with Gasteiger partial charge in [-0.2, -0.15) is 0 Å². The fourth-order valence-corrected chi connectivity index (χ4v) is 4.50. The first-order valence-corrected chi connectivity index (χ1v) is 11.3. The molecule has 7 heteroatoms. The van der Waals surface area contributed by atoms with Crippen molar-refractivity contribution >= 4 is 21.6 Å². The van der Waals surface area contributed by atoms with Crippen LogP contribution in [0.3, 0.4) is 0 Å². The number of hydrogen-bond acceptors (Lipinski definition) is 3. The third kappa shape index (κ3) is 4.86. The Kier molecular flexibility index (Phi) is 6.52. The number of rotatable bonds is 7. The first-order valence-electron chi connectivity index (χ1n) is 9.43. The Morgan fingerprint density at radius 3 is 1.80 bits per heavy atom. The summed E-state index contributed by atoms with van der Waals surface area (Å²) in [7, 11) is -3.92. The van der Waals surface area contributed by atoms with Gasteiger partial charge in [-0.3, -0.25) is 9.10 Å². The van der Waals surface area contributed by atoms with Crippen molar-refractivity contribution in [1.29, 1.82) is 0 Å². The van der Waals surface area contributed by atoms with Crippen LogP contribution in [-0.2, 0) is 14.8 Å². The summed E-state index contributed by atoms with van der Waals surface area (Å²) in [6.45, 7) is 1.44. The summed E-state index contributed by atoms with van der Waals surface area (Å²) >= 11 is 0. The minimum absolute atomic E-state index is 0.168. The van der Waals surface area contributed by atoms with Gasteiger partial charge in [-0.15, -0.1) is 0 Å². The number of nitrogens with one attached hydrogen (secondary N) is 1. The molecule has 0 radical (unpaired) electrons. The summed E-state index contributed by atoms with van der Waals surface area (Å²) in [6.07, 6.45) is 0.953. The molecule has 30 heavy (non-hydrogen) atoms. The van der Waals surface area contributed by atoms with Gasteiger partial charge >= 0.3 is 0 Å². The van der Waals surface area contributed by atoms with Crippen molar-refractivity contribution in [2.75, 3.05) is 10.6 Å². The van der Waals surface area contributed by atoms with E-state index in [1.54, 1.807) is 0 Å². The zero-order valence-corrected chi connectivity index (χ0v) is 17.5. The van der Waals surface area contributed by atoms with Gasteiger partial charge in [0.1, 0.15) is 11.9 Å². The molecule has 0 spiro atoms. The predicted molar refractivity (Wildman–Crippen MR) is 116 cm³/mol. The molecule has 1 amide bonds. The van der Waals surface area contributed by atoms with E-state index < -0.39 is 33.8 Å². The van der Waals surface area contributed by atoms with Crippen LogP contribution in [0.15, 0.2) is 84.9 Å². The van der Waals surface area contributed by atoms with E-state index in [9.17, 15) is 17.6 Å². The molecule has 0 aliphatic carbocycles. The normalized spacial score (nSPS) is 12.4. The molecule has 156 valence electrons. The largest absolute Gasteiger partial charge is 0.343 e. The Bertz CT molecular complexity index is 1070. The molecule has 1 N–H and O–H groups in total. The van der Waals surface area contributed by atoms with Crippen LogP contribution in [0, 0.1) is 5.82 Å². The van der Waals surface area contributed by atoms with Crippen LogP contribution >= 0.6 is 0 Å². The molecular formula is C23H23FN2O3S. The van der Waals surface area contributed by atoms with Crippen LogP contribution in [0.25, 0.3) is 0 Å². The Morgan fingerprint density at radius 1 is 0.867 bits per heavy atom. The molecule has 3 aromatic carbocycles. The summed E-state index contributed by atoms with van der Waals surface area (Å²) in [5, 5.41) is 2.92. The lowest BCUT2D eigenvalue weighted by Gasteiger charge is -2.30. The van der Waals surface area contributed by atoms with Gasteiger partial charge in [-0.05, 0) is 30.2 Å². The Morgan fingerprint density at radius 2 is 1.33 bits per heavy atom. The molecule has 5 nitrogen and oxygen atoms in total. The first-order chi connectivity index (χ1) is 14.3. The highest BCUT2D eigenvalue weighted by atomic mass is 32.2. The number of halogens is 1. The van der Waals surface area contributed by atoms with E-state index in [0.717, 1.165) is 27.8 Å². The fraction of sp³-hybridized carbons (Fsp3) is 0.174. The van der Waals surface area contributed by atoms with E-state index in [1.165, 1.54) is 25.1 Å².